The third-order valence-electron chi connectivity index (χ3n) is 2.45. The quantitative estimate of drug-likeness (QED) is 0.796. The van der Waals surface area contributed by atoms with Crippen molar-refractivity contribution < 1.29 is 13.9 Å². The number of rotatable bonds is 3. The number of hydrogen-bond donors (Lipinski definition) is 1. The summed E-state index contributed by atoms with van der Waals surface area (Å²) in [5.74, 6) is 5.00. The van der Waals surface area contributed by atoms with Gasteiger partial charge in [-0.25, -0.2) is 4.39 Å². The van der Waals surface area contributed by atoms with Crippen LogP contribution in [0.3, 0.4) is 0 Å². The standard InChI is InChI=1S/C13H14FNO2/c14-13-4-3-10(6-11(13)2-1-5-15)7-17-12-8-16-9-12/h3-4,6,12H,5,7-9,15H2. The smallest absolute Gasteiger partial charge is 0.138 e. The minimum Gasteiger partial charge on any atom is -0.376 e. The van der Waals surface area contributed by atoms with E-state index in [4.69, 9.17) is 15.2 Å². The molecule has 0 aliphatic carbocycles. The van der Waals surface area contributed by atoms with Crippen LogP contribution in [-0.2, 0) is 16.1 Å². The third-order valence-corrected chi connectivity index (χ3v) is 2.45. The fourth-order valence-corrected chi connectivity index (χ4v) is 1.43. The lowest BCUT2D eigenvalue weighted by Crippen LogP contribution is -2.35. The second kappa shape index (κ2) is 5.78. The molecule has 1 aromatic rings. The van der Waals surface area contributed by atoms with Gasteiger partial charge < -0.3 is 15.2 Å². The molecule has 0 atom stereocenters. The normalized spacial score (nSPS) is 14.9. The molecule has 0 unspecified atom stereocenters. The van der Waals surface area contributed by atoms with Crippen LogP contribution in [0, 0.1) is 17.7 Å². The maximum Gasteiger partial charge on any atom is 0.138 e. The molecule has 17 heavy (non-hydrogen) atoms. The Morgan fingerprint density at radius 3 is 2.94 bits per heavy atom. The minimum absolute atomic E-state index is 0.165. The number of hydrogen-bond acceptors (Lipinski definition) is 3. The maximum absolute atomic E-state index is 13.4. The van der Waals surface area contributed by atoms with E-state index in [2.05, 4.69) is 11.8 Å². The van der Waals surface area contributed by atoms with Crippen LogP contribution in [0.4, 0.5) is 4.39 Å². The van der Waals surface area contributed by atoms with E-state index in [1.54, 1.807) is 12.1 Å². The van der Waals surface area contributed by atoms with Crippen LogP contribution in [0.5, 0.6) is 0 Å². The van der Waals surface area contributed by atoms with Crippen molar-refractivity contribution in [1.82, 2.24) is 0 Å². The lowest BCUT2D eigenvalue weighted by atomic mass is 10.1. The Balaban J connectivity index is 2.01. The largest absolute Gasteiger partial charge is 0.376 e. The van der Waals surface area contributed by atoms with Gasteiger partial charge in [-0.05, 0) is 17.7 Å². The first kappa shape index (κ1) is 12.1. The van der Waals surface area contributed by atoms with E-state index in [1.165, 1.54) is 6.07 Å². The van der Waals surface area contributed by atoms with E-state index in [-0.39, 0.29) is 18.5 Å². The van der Waals surface area contributed by atoms with Crippen LogP contribution in [0.25, 0.3) is 0 Å². The van der Waals surface area contributed by atoms with Crippen LogP contribution in [0.15, 0.2) is 18.2 Å². The summed E-state index contributed by atoms with van der Waals surface area (Å²) in [6.07, 6.45) is 0.165. The van der Waals surface area contributed by atoms with Gasteiger partial charge in [-0.15, -0.1) is 0 Å². The van der Waals surface area contributed by atoms with Crippen molar-refractivity contribution in [2.24, 2.45) is 5.73 Å². The van der Waals surface area contributed by atoms with Crippen LogP contribution < -0.4 is 5.73 Å². The molecule has 4 heteroatoms. The number of halogens is 1. The summed E-state index contributed by atoms with van der Waals surface area (Å²) in [6, 6.07) is 4.79. The van der Waals surface area contributed by atoms with E-state index in [9.17, 15) is 4.39 Å². The van der Waals surface area contributed by atoms with Crippen molar-refractivity contribution in [3.63, 3.8) is 0 Å². The second-order valence-corrected chi connectivity index (χ2v) is 3.79. The Morgan fingerprint density at radius 2 is 2.29 bits per heavy atom. The first-order valence-corrected chi connectivity index (χ1v) is 5.46. The third kappa shape index (κ3) is 3.27. The molecule has 0 radical (unpaired) electrons. The molecule has 1 aliphatic heterocycles. The highest BCUT2D eigenvalue weighted by Crippen LogP contribution is 2.13. The average Bonchev–Trinajstić information content (AvgIpc) is 2.27. The molecule has 0 spiro atoms. The van der Waals surface area contributed by atoms with E-state index in [0.29, 0.717) is 25.4 Å². The molecule has 0 aromatic heterocycles. The SMILES string of the molecule is NCC#Cc1cc(COC2COC2)ccc1F. The minimum atomic E-state index is -0.332. The van der Waals surface area contributed by atoms with Gasteiger partial charge in [-0.2, -0.15) is 0 Å². The monoisotopic (exact) mass is 235 g/mol. The van der Waals surface area contributed by atoms with Crippen LogP contribution in [-0.4, -0.2) is 25.9 Å². The summed E-state index contributed by atoms with van der Waals surface area (Å²) in [5.41, 5.74) is 6.52. The second-order valence-electron chi connectivity index (χ2n) is 3.79. The highest BCUT2D eigenvalue weighted by Gasteiger charge is 2.18. The molecule has 1 aromatic carbocycles. The molecule has 1 saturated heterocycles. The summed E-state index contributed by atoms with van der Waals surface area (Å²) in [6.45, 7) is 1.95. The lowest BCUT2D eigenvalue weighted by molar-refractivity contribution is -0.135. The Hall–Kier alpha value is -1.41. The first-order valence-electron chi connectivity index (χ1n) is 5.46. The fourth-order valence-electron chi connectivity index (χ4n) is 1.43. The van der Waals surface area contributed by atoms with E-state index >= 15 is 0 Å². The molecule has 0 amide bonds. The Labute approximate surface area is 99.7 Å². The van der Waals surface area contributed by atoms with Gasteiger partial charge in [0.1, 0.15) is 11.9 Å². The molecular formula is C13H14FNO2. The molecule has 2 rings (SSSR count). The van der Waals surface area contributed by atoms with Gasteiger partial charge in [0.05, 0.1) is 31.9 Å². The number of nitrogens with two attached hydrogens (primary N) is 1. The van der Waals surface area contributed by atoms with Gasteiger partial charge in [0.2, 0.25) is 0 Å². The Bertz CT molecular complexity index is 446. The van der Waals surface area contributed by atoms with Crippen molar-refractivity contribution in [2.45, 2.75) is 12.7 Å². The predicted octanol–water partition coefficient (Wildman–Crippen LogP) is 1.05. The first-order chi connectivity index (χ1) is 8.29. The predicted molar refractivity (Wildman–Crippen MR) is 61.7 cm³/mol. The molecule has 1 heterocycles. The van der Waals surface area contributed by atoms with Gasteiger partial charge in [0.25, 0.3) is 0 Å². The van der Waals surface area contributed by atoms with Gasteiger partial charge in [0, 0.05) is 0 Å². The highest BCUT2D eigenvalue weighted by molar-refractivity contribution is 5.38. The summed E-state index contributed by atoms with van der Waals surface area (Å²) >= 11 is 0. The van der Waals surface area contributed by atoms with Crippen molar-refractivity contribution in [3.8, 4) is 11.8 Å². The topological polar surface area (TPSA) is 44.5 Å². The zero-order valence-corrected chi connectivity index (χ0v) is 9.41. The molecular weight excluding hydrogens is 221 g/mol. The van der Waals surface area contributed by atoms with Gasteiger partial charge in [-0.3, -0.25) is 0 Å². The zero-order valence-electron chi connectivity index (χ0n) is 9.41. The van der Waals surface area contributed by atoms with Crippen molar-refractivity contribution in [3.05, 3.63) is 35.1 Å². The van der Waals surface area contributed by atoms with E-state index in [1.807, 2.05) is 0 Å². The molecule has 0 saturated carbocycles. The maximum atomic E-state index is 13.4. The van der Waals surface area contributed by atoms with Gasteiger partial charge >= 0.3 is 0 Å². The summed E-state index contributed by atoms with van der Waals surface area (Å²) < 4.78 is 23.9. The summed E-state index contributed by atoms with van der Waals surface area (Å²) in [4.78, 5) is 0. The van der Waals surface area contributed by atoms with Gasteiger partial charge in [0.15, 0.2) is 0 Å². The molecule has 1 fully saturated rings. The molecule has 0 bridgehead atoms. The van der Waals surface area contributed by atoms with Crippen LogP contribution in [0.2, 0.25) is 0 Å². The molecule has 90 valence electrons. The van der Waals surface area contributed by atoms with E-state index < -0.39 is 0 Å². The van der Waals surface area contributed by atoms with E-state index in [0.717, 1.165) is 5.56 Å². The zero-order chi connectivity index (χ0) is 12.1. The average molecular weight is 235 g/mol. The van der Waals surface area contributed by atoms with Crippen LogP contribution >= 0.6 is 0 Å². The summed E-state index contributed by atoms with van der Waals surface area (Å²) in [5, 5.41) is 0. The van der Waals surface area contributed by atoms with Crippen LogP contribution in [0.1, 0.15) is 11.1 Å². The fraction of sp³-hybridized carbons (Fsp3) is 0.385. The molecule has 2 N–H and O–H groups in total. The Kier molecular flexibility index (Phi) is 4.10. The number of ether oxygens (including phenoxy) is 2. The molecule has 3 nitrogen and oxygen atoms in total. The lowest BCUT2D eigenvalue weighted by Gasteiger charge is -2.25. The van der Waals surface area contributed by atoms with Gasteiger partial charge in [-0.1, -0.05) is 17.9 Å². The summed E-state index contributed by atoms with van der Waals surface area (Å²) in [7, 11) is 0. The molecule has 1 aliphatic rings. The Morgan fingerprint density at radius 1 is 1.47 bits per heavy atom. The highest BCUT2D eigenvalue weighted by atomic mass is 19.1. The number of benzene rings is 1. The van der Waals surface area contributed by atoms with Crippen molar-refractivity contribution >= 4 is 0 Å². The van der Waals surface area contributed by atoms with Crippen molar-refractivity contribution in [2.75, 3.05) is 19.8 Å². The van der Waals surface area contributed by atoms with Crippen molar-refractivity contribution in [1.29, 1.82) is 0 Å².